The van der Waals surface area contributed by atoms with Gasteiger partial charge in [0.2, 0.25) is 5.91 Å². The molecule has 1 aromatic rings. The molecule has 0 aliphatic carbocycles. The molecular weight excluding hydrogens is 308 g/mol. The van der Waals surface area contributed by atoms with Gasteiger partial charge in [0.15, 0.2) is 5.96 Å². The Hall–Kier alpha value is -2.44. The van der Waals surface area contributed by atoms with Crippen molar-refractivity contribution in [1.82, 2.24) is 15.5 Å². The first-order valence-corrected chi connectivity index (χ1v) is 7.95. The van der Waals surface area contributed by atoms with Crippen LogP contribution in [0, 0.1) is 0 Å². The van der Waals surface area contributed by atoms with E-state index in [4.69, 9.17) is 9.47 Å². The van der Waals surface area contributed by atoms with E-state index in [1.165, 1.54) is 0 Å². The fourth-order valence-electron chi connectivity index (χ4n) is 2.00. The van der Waals surface area contributed by atoms with E-state index in [0.29, 0.717) is 25.5 Å². The van der Waals surface area contributed by atoms with Gasteiger partial charge in [0.25, 0.3) is 0 Å². The molecule has 0 atom stereocenters. The van der Waals surface area contributed by atoms with Gasteiger partial charge in [-0.15, -0.1) is 0 Å². The average molecular weight is 336 g/mol. The first kappa shape index (κ1) is 19.6. The Balaban J connectivity index is 2.70. The fourth-order valence-corrected chi connectivity index (χ4v) is 2.00. The number of methoxy groups -OCH3 is 2. The summed E-state index contributed by atoms with van der Waals surface area (Å²) in [6, 6.07) is 5.64. The minimum Gasteiger partial charge on any atom is -0.497 e. The molecule has 0 bridgehead atoms. The number of hydrogen-bond donors (Lipinski definition) is 2. The maximum Gasteiger partial charge on any atom is 0.223 e. The summed E-state index contributed by atoms with van der Waals surface area (Å²) in [7, 11) is 6.74. The number of rotatable bonds is 8. The van der Waals surface area contributed by atoms with E-state index in [1.807, 2.05) is 25.1 Å². The topological polar surface area (TPSA) is 75.2 Å². The normalized spacial score (nSPS) is 11.0. The number of aliphatic imine (C=N–C) groups is 1. The number of ether oxygens (including phenoxy) is 2. The van der Waals surface area contributed by atoms with Crippen LogP contribution >= 0.6 is 0 Å². The van der Waals surface area contributed by atoms with Crippen molar-refractivity contribution < 1.29 is 14.3 Å². The summed E-state index contributed by atoms with van der Waals surface area (Å²) in [6.45, 7) is 3.73. The highest BCUT2D eigenvalue weighted by Crippen LogP contribution is 2.25. The van der Waals surface area contributed by atoms with Crippen molar-refractivity contribution in [3.05, 3.63) is 23.8 Å². The Labute approximate surface area is 144 Å². The lowest BCUT2D eigenvalue weighted by molar-refractivity contribution is -0.128. The lowest BCUT2D eigenvalue weighted by atomic mass is 10.2. The molecule has 7 nitrogen and oxygen atoms in total. The lowest BCUT2D eigenvalue weighted by Crippen LogP contribution is -2.39. The van der Waals surface area contributed by atoms with Crippen LogP contribution in [-0.2, 0) is 11.3 Å². The van der Waals surface area contributed by atoms with Gasteiger partial charge in [0.05, 0.1) is 20.8 Å². The largest absolute Gasteiger partial charge is 0.497 e. The highest BCUT2D eigenvalue weighted by atomic mass is 16.5. The first-order valence-electron chi connectivity index (χ1n) is 7.95. The van der Waals surface area contributed by atoms with Gasteiger partial charge in [0, 0.05) is 45.2 Å². The van der Waals surface area contributed by atoms with Crippen LogP contribution in [0.25, 0.3) is 0 Å². The van der Waals surface area contributed by atoms with Crippen LogP contribution in [0.5, 0.6) is 11.5 Å². The van der Waals surface area contributed by atoms with Crippen LogP contribution in [-0.4, -0.2) is 58.2 Å². The summed E-state index contributed by atoms with van der Waals surface area (Å²) in [5, 5.41) is 6.33. The number of amides is 1. The standard InChI is InChI=1S/C17H28N4O3/c1-6-18-17(19-10-9-16(22)21(2)3)20-12-13-7-8-14(23-4)11-15(13)24-5/h7-8,11H,6,9-10,12H2,1-5H3,(H2,18,19,20). The molecule has 0 aliphatic rings. The van der Waals surface area contributed by atoms with Crippen molar-refractivity contribution in [2.75, 3.05) is 41.4 Å². The van der Waals surface area contributed by atoms with Gasteiger partial charge in [-0.2, -0.15) is 0 Å². The maximum absolute atomic E-state index is 11.6. The summed E-state index contributed by atoms with van der Waals surface area (Å²) in [5.74, 6) is 2.22. The molecule has 7 heteroatoms. The number of benzene rings is 1. The first-order chi connectivity index (χ1) is 11.5. The highest BCUT2D eigenvalue weighted by molar-refractivity contribution is 5.81. The number of hydrogen-bond acceptors (Lipinski definition) is 4. The van der Waals surface area contributed by atoms with Crippen molar-refractivity contribution >= 4 is 11.9 Å². The Morgan fingerprint density at radius 2 is 1.96 bits per heavy atom. The van der Waals surface area contributed by atoms with E-state index in [-0.39, 0.29) is 5.91 Å². The zero-order valence-electron chi connectivity index (χ0n) is 15.2. The molecule has 1 amide bonds. The molecule has 2 N–H and O–H groups in total. The van der Waals surface area contributed by atoms with E-state index in [9.17, 15) is 4.79 Å². The Morgan fingerprint density at radius 3 is 2.54 bits per heavy atom. The minimum atomic E-state index is 0.0789. The molecule has 0 aliphatic heterocycles. The third kappa shape index (κ3) is 6.36. The predicted octanol–water partition coefficient (Wildman–Crippen LogP) is 1.24. The van der Waals surface area contributed by atoms with E-state index in [0.717, 1.165) is 23.6 Å². The summed E-state index contributed by atoms with van der Waals surface area (Å²) in [4.78, 5) is 17.7. The Kier molecular flexibility index (Phi) is 8.46. The molecule has 1 aromatic carbocycles. The van der Waals surface area contributed by atoms with Gasteiger partial charge >= 0.3 is 0 Å². The van der Waals surface area contributed by atoms with Crippen molar-refractivity contribution in [1.29, 1.82) is 0 Å². The molecule has 0 aromatic heterocycles. The van der Waals surface area contributed by atoms with Crippen molar-refractivity contribution in [2.24, 2.45) is 4.99 Å². The van der Waals surface area contributed by atoms with Gasteiger partial charge < -0.3 is 25.0 Å². The molecule has 1 rings (SSSR count). The van der Waals surface area contributed by atoms with Gasteiger partial charge in [-0.05, 0) is 19.1 Å². The molecule has 134 valence electrons. The zero-order valence-corrected chi connectivity index (χ0v) is 15.2. The molecule has 0 heterocycles. The molecule has 0 saturated heterocycles. The molecule has 0 radical (unpaired) electrons. The van der Waals surface area contributed by atoms with E-state index >= 15 is 0 Å². The highest BCUT2D eigenvalue weighted by Gasteiger charge is 2.07. The number of carbonyl (C=O) groups excluding carboxylic acids is 1. The van der Waals surface area contributed by atoms with E-state index in [1.54, 1.807) is 33.2 Å². The smallest absolute Gasteiger partial charge is 0.223 e. The second-order valence-electron chi connectivity index (χ2n) is 5.34. The van der Waals surface area contributed by atoms with Crippen LogP contribution in [0.15, 0.2) is 23.2 Å². The molecular formula is C17H28N4O3. The molecule has 0 unspecified atom stereocenters. The number of nitrogens with one attached hydrogen (secondary N) is 2. The lowest BCUT2D eigenvalue weighted by Gasteiger charge is -2.14. The van der Waals surface area contributed by atoms with Crippen LogP contribution in [0.3, 0.4) is 0 Å². The van der Waals surface area contributed by atoms with Crippen LogP contribution in [0.2, 0.25) is 0 Å². The summed E-state index contributed by atoms with van der Waals surface area (Å²) < 4.78 is 10.6. The van der Waals surface area contributed by atoms with Crippen LogP contribution < -0.4 is 20.1 Å². The maximum atomic E-state index is 11.6. The SMILES string of the molecule is CCNC(=NCc1ccc(OC)cc1OC)NCCC(=O)N(C)C. The summed E-state index contributed by atoms with van der Waals surface area (Å²) >= 11 is 0. The predicted molar refractivity (Wildman–Crippen MR) is 95.7 cm³/mol. The third-order valence-electron chi connectivity index (χ3n) is 3.38. The van der Waals surface area contributed by atoms with Crippen LogP contribution in [0.1, 0.15) is 18.9 Å². The average Bonchev–Trinajstić information content (AvgIpc) is 2.59. The Morgan fingerprint density at radius 1 is 1.21 bits per heavy atom. The third-order valence-corrected chi connectivity index (χ3v) is 3.38. The number of carbonyl (C=O) groups is 1. The molecule has 0 saturated carbocycles. The van der Waals surface area contributed by atoms with Gasteiger partial charge in [-0.25, -0.2) is 4.99 Å². The summed E-state index contributed by atoms with van der Waals surface area (Å²) in [6.07, 6.45) is 0.420. The number of nitrogens with zero attached hydrogens (tertiary/aromatic N) is 2. The van der Waals surface area contributed by atoms with Crippen molar-refractivity contribution in [3.8, 4) is 11.5 Å². The molecule has 0 spiro atoms. The van der Waals surface area contributed by atoms with Crippen molar-refractivity contribution in [3.63, 3.8) is 0 Å². The monoisotopic (exact) mass is 336 g/mol. The quantitative estimate of drug-likeness (QED) is 0.552. The Bertz CT molecular complexity index is 559. The van der Waals surface area contributed by atoms with Gasteiger partial charge in [0.1, 0.15) is 11.5 Å². The van der Waals surface area contributed by atoms with E-state index in [2.05, 4.69) is 15.6 Å². The van der Waals surface area contributed by atoms with Gasteiger partial charge in [-0.3, -0.25) is 4.79 Å². The molecule has 24 heavy (non-hydrogen) atoms. The number of guanidine groups is 1. The minimum absolute atomic E-state index is 0.0789. The fraction of sp³-hybridized carbons (Fsp3) is 0.529. The van der Waals surface area contributed by atoms with Crippen molar-refractivity contribution in [2.45, 2.75) is 19.9 Å². The summed E-state index contributed by atoms with van der Waals surface area (Å²) in [5.41, 5.74) is 0.958. The second-order valence-corrected chi connectivity index (χ2v) is 5.34. The van der Waals surface area contributed by atoms with Crippen LogP contribution in [0.4, 0.5) is 0 Å². The van der Waals surface area contributed by atoms with E-state index < -0.39 is 0 Å². The van der Waals surface area contributed by atoms with Gasteiger partial charge in [-0.1, -0.05) is 0 Å². The molecule has 0 fully saturated rings. The second kappa shape index (κ2) is 10.4. The zero-order chi connectivity index (χ0) is 17.9.